The summed E-state index contributed by atoms with van der Waals surface area (Å²) in [7, 11) is 0. The molecule has 1 aliphatic rings. The molecule has 3 heterocycles. The fraction of sp³-hybridized carbons (Fsp3) is 0.529. The van der Waals surface area contributed by atoms with E-state index in [0.29, 0.717) is 30.2 Å². The van der Waals surface area contributed by atoms with Crippen LogP contribution in [0, 0.1) is 0 Å². The molecule has 2 aromatic rings. The van der Waals surface area contributed by atoms with Crippen LogP contribution in [0.25, 0.3) is 10.2 Å². The number of carbonyl (C=O) groups is 2. The quantitative estimate of drug-likeness (QED) is 0.898. The second kappa shape index (κ2) is 7.35. The largest absolute Gasteiger partial charge is 0.478 e. The van der Waals surface area contributed by atoms with Crippen molar-refractivity contribution in [3.05, 3.63) is 27.1 Å². The Morgan fingerprint density at radius 1 is 1.24 bits per heavy atom. The van der Waals surface area contributed by atoms with E-state index < -0.39 is 11.5 Å². The Morgan fingerprint density at radius 2 is 1.92 bits per heavy atom. The Labute approximate surface area is 148 Å². The summed E-state index contributed by atoms with van der Waals surface area (Å²) in [5.74, 6) is -0.744. The fourth-order valence-corrected chi connectivity index (χ4v) is 4.13. The van der Waals surface area contributed by atoms with Crippen molar-refractivity contribution in [2.45, 2.75) is 45.6 Å². The van der Waals surface area contributed by atoms with E-state index >= 15 is 0 Å². The molecule has 2 aromatic heterocycles. The molecule has 0 unspecified atom stereocenters. The number of nitrogens with zero attached hydrogens (tertiary/aromatic N) is 3. The first-order valence-electron chi connectivity index (χ1n) is 8.55. The van der Waals surface area contributed by atoms with Gasteiger partial charge in [-0.05, 0) is 12.8 Å². The van der Waals surface area contributed by atoms with Gasteiger partial charge in [-0.15, -0.1) is 11.3 Å². The average Bonchev–Trinajstić information content (AvgIpc) is 2.83. The van der Waals surface area contributed by atoms with Crippen LogP contribution in [-0.2, 0) is 17.8 Å². The molecule has 0 bridgehead atoms. The highest BCUT2D eigenvalue weighted by atomic mass is 32.1. The van der Waals surface area contributed by atoms with Crippen LogP contribution in [0.5, 0.6) is 0 Å². The monoisotopic (exact) mass is 363 g/mol. The summed E-state index contributed by atoms with van der Waals surface area (Å²) in [6.07, 6.45) is 4.69. The summed E-state index contributed by atoms with van der Waals surface area (Å²) in [6, 6.07) is 0. The lowest BCUT2D eigenvalue weighted by molar-refractivity contribution is -0.131. The van der Waals surface area contributed by atoms with E-state index in [-0.39, 0.29) is 23.4 Å². The number of hydrogen-bond donors (Lipinski definition) is 1. The topological polar surface area (TPSA) is 92.5 Å². The number of rotatable bonds is 4. The van der Waals surface area contributed by atoms with Gasteiger partial charge in [-0.1, -0.05) is 19.8 Å². The fourth-order valence-electron chi connectivity index (χ4n) is 3.21. The van der Waals surface area contributed by atoms with Gasteiger partial charge in [0.2, 0.25) is 5.91 Å². The lowest BCUT2D eigenvalue weighted by Crippen LogP contribution is -2.38. The third-order valence-corrected chi connectivity index (χ3v) is 5.44. The lowest BCUT2D eigenvalue weighted by Gasteiger charge is -2.21. The van der Waals surface area contributed by atoms with Crippen molar-refractivity contribution in [3.8, 4) is 0 Å². The highest BCUT2D eigenvalue weighted by molar-refractivity contribution is 7.17. The summed E-state index contributed by atoms with van der Waals surface area (Å²) in [4.78, 5) is 43.5. The van der Waals surface area contributed by atoms with E-state index in [2.05, 4.69) is 4.98 Å². The zero-order chi connectivity index (χ0) is 18.0. The molecule has 0 spiro atoms. The number of thiophene rings is 1. The minimum Gasteiger partial charge on any atom is -0.478 e. The maximum Gasteiger partial charge on any atom is 0.337 e. The summed E-state index contributed by atoms with van der Waals surface area (Å²) in [6.45, 7) is 3.21. The average molecular weight is 363 g/mol. The molecule has 0 aliphatic carbocycles. The summed E-state index contributed by atoms with van der Waals surface area (Å²) in [5.41, 5.74) is -0.486. The zero-order valence-electron chi connectivity index (χ0n) is 14.2. The number of aryl methyl sites for hydroxylation is 1. The molecule has 0 atom stereocenters. The van der Waals surface area contributed by atoms with Crippen LogP contribution in [0.15, 0.2) is 10.2 Å². The van der Waals surface area contributed by atoms with Crippen molar-refractivity contribution in [1.29, 1.82) is 0 Å². The second-order valence-electron chi connectivity index (χ2n) is 6.20. The van der Waals surface area contributed by atoms with E-state index in [4.69, 9.17) is 0 Å². The van der Waals surface area contributed by atoms with Crippen LogP contribution >= 0.6 is 11.3 Å². The highest BCUT2D eigenvalue weighted by Gasteiger charge is 2.22. The second-order valence-corrected chi connectivity index (χ2v) is 7.06. The van der Waals surface area contributed by atoms with Gasteiger partial charge in [0.25, 0.3) is 5.56 Å². The molecular weight excluding hydrogens is 342 g/mol. The van der Waals surface area contributed by atoms with Gasteiger partial charge in [0.05, 0.1) is 10.9 Å². The SMILES string of the molecule is CCc1nc2scc(C(=O)O)c2c(=O)n1CC(=O)N1CCCCCC1. The number of carboxylic acids is 1. The van der Waals surface area contributed by atoms with Crippen LogP contribution in [0.3, 0.4) is 0 Å². The number of hydrogen-bond acceptors (Lipinski definition) is 5. The van der Waals surface area contributed by atoms with Crippen molar-refractivity contribution in [1.82, 2.24) is 14.5 Å². The summed E-state index contributed by atoms with van der Waals surface area (Å²) < 4.78 is 1.34. The third-order valence-electron chi connectivity index (χ3n) is 4.57. The maximum absolute atomic E-state index is 12.9. The number of likely N-dealkylation sites (tertiary alicyclic amines) is 1. The van der Waals surface area contributed by atoms with Crippen LogP contribution < -0.4 is 5.56 Å². The van der Waals surface area contributed by atoms with Crippen molar-refractivity contribution < 1.29 is 14.7 Å². The third kappa shape index (κ3) is 3.44. The zero-order valence-corrected chi connectivity index (χ0v) is 15.0. The first-order valence-corrected chi connectivity index (χ1v) is 9.43. The molecule has 1 N–H and O–H groups in total. The predicted molar refractivity (Wildman–Crippen MR) is 95.3 cm³/mol. The van der Waals surface area contributed by atoms with Gasteiger partial charge in [-0.2, -0.15) is 0 Å². The molecule has 1 saturated heterocycles. The number of carboxylic acid groups (broad SMARTS) is 1. The van der Waals surface area contributed by atoms with Gasteiger partial charge < -0.3 is 10.0 Å². The molecule has 8 heteroatoms. The summed E-state index contributed by atoms with van der Waals surface area (Å²) in [5, 5.41) is 10.8. The number of aromatic carboxylic acids is 1. The Bertz CT molecular complexity index is 863. The number of aromatic nitrogens is 2. The Balaban J connectivity index is 2.00. The van der Waals surface area contributed by atoms with Crippen LogP contribution in [0.1, 0.15) is 48.8 Å². The smallest absolute Gasteiger partial charge is 0.337 e. The summed E-state index contributed by atoms with van der Waals surface area (Å²) >= 11 is 1.14. The molecule has 0 saturated carbocycles. The van der Waals surface area contributed by atoms with Gasteiger partial charge in [0, 0.05) is 24.9 Å². The van der Waals surface area contributed by atoms with Gasteiger partial charge in [-0.3, -0.25) is 14.2 Å². The minimum absolute atomic E-state index is 0.0453. The van der Waals surface area contributed by atoms with Crippen molar-refractivity contribution in [2.75, 3.05) is 13.1 Å². The van der Waals surface area contributed by atoms with Crippen LogP contribution in [-0.4, -0.2) is 44.5 Å². The van der Waals surface area contributed by atoms with Gasteiger partial charge in [0.1, 0.15) is 17.2 Å². The standard InChI is InChI=1S/C17H21N3O4S/c1-2-12-18-15-14(11(10-25-15)17(23)24)16(22)20(12)9-13(21)19-7-5-3-4-6-8-19/h10H,2-9H2,1H3,(H,23,24). The highest BCUT2D eigenvalue weighted by Crippen LogP contribution is 2.22. The first kappa shape index (κ1) is 17.6. The van der Waals surface area contributed by atoms with Gasteiger partial charge in [0.15, 0.2) is 0 Å². The Kier molecular flexibility index (Phi) is 5.17. The lowest BCUT2D eigenvalue weighted by atomic mass is 10.2. The van der Waals surface area contributed by atoms with Crippen molar-refractivity contribution >= 4 is 33.4 Å². The molecule has 1 aliphatic heterocycles. The Morgan fingerprint density at radius 3 is 2.52 bits per heavy atom. The number of carbonyl (C=O) groups excluding carboxylic acids is 1. The van der Waals surface area contributed by atoms with Gasteiger partial charge >= 0.3 is 5.97 Å². The maximum atomic E-state index is 12.9. The molecule has 134 valence electrons. The van der Waals surface area contributed by atoms with Crippen LogP contribution in [0.2, 0.25) is 0 Å². The molecule has 0 radical (unpaired) electrons. The van der Waals surface area contributed by atoms with Crippen molar-refractivity contribution in [2.24, 2.45) is 0 Å². The normalized spacial score (nSPS) is 15.3. The van der Waals surface area contributed by atoms with E-state index in [1.807, 2.05) is 6.92 Å². The first-order chi connectivity index (χ1) is 12.0. The molecule has 25 heavy (non-hydrogen) atoms. The molecule has 1 fully saturated rings. The van der Waals surface area contributed by atoms with Crippen molar-refractivity contribution in [3.63, 3.8) is 0 Å². The molecule has 3 rings (SSSR count). The predicted octanol–water partition coefficient (Wildman–Crippen LogP) is 2.12. The Hall–Kier alpha value is -2.22. The van der Waals surface area contributed by atoms with Crippen LogP contribution in [0.4, 0.5) is 0 Å². The molecular formula is C17H21N3O4S. The molecule has 7 nitrogen and oxygen atoms in total. The number of amides is 1. The van der Waals surface area contributed by atoms with E-state index in [1.54, 1.807) is 4.90 Å². The van der Waals surface area contributed by atoms with E-state index in [0.717, 1.165) is 37.0 Å². The molecule has 0 aromatic carbocycles. The van der Waals surface area contributed by atoms with E-state index in [1.165, 1.54) is 9.95 Å². The van der Waals surface area contributed by atoms with E-state index in [9.17, 15) is 19.5 Å². The minimum atomic E-state index is -1.15. The van der Waals surface area contributed by atoms with Gasteiger partial charge in [-0.25, -0.2) is 9.78 Å². The molecule has 1 amide bonds. The number of fused-ring (bicyclic) bond motifs is 1.